The summed E-state index contributed by atoms with van der Waals surface area (Å²) in [5.74, 6) is 0.930. The summed E-state index contributed by atoms with van der Waals surface area (Å²) in [6, 6.07) is 5.90. The molecule has 0 aliphatic carbocycles. The fraction of sp³-hybridized carbons (Fsp3) is 0.522. The van der Waals surface area contributed by atoms with Crippen molar-refractivity contribution >= 4 is 12.0 Å². The minimum atomic E-state index is -0.544. The monoisotopic (exact) mass is 431 g/mol. The van der Waals surface area contributed by atoms with Crippen LogP contribution in [-0.2, 0) is 16.0 Å². The zero-order valence-corrected chi connectivity index (χ0v) is 18.5. The lowest BCUT2D eigenvalue weighted by atomic mass is 10.0. The minimum Gasteiger partial charge on any atom is -0.444 e. The number of benzene rings is 1. The molecule has 0 bridgehead atoms. The van der Waals surface area contributed by atoms with Gasteiger partial charge in [-0.05, 0) is 64.3 Å². The first-order valence-electron chi connectivity index (χ1n) is 10.6. The first kappa shape index (κ1) is 22.8. The van der Waals surface area contributed by atoms with Crippen molar-refractivity contribution in [2.75, 3.05) is 13.1 Å². The number of aromatic nitrogens is 1. The van der Waals surface area contributed by atoms with Crippen LogP contribution in [0.5, 0.6) is 0 Å². The molecule has 0 radical (unpaired) electrons. The number of carbonyl (C=O) groups excluding carboxylic acids is 2. The molecule has 3 rings (SSSR count). The highest BCUT2D eigenvalue weighted by molar-refractivity contribution is 5.76. The van der Waals surface area contributed by atoms with E-state index >= 15 is 0 Å². The van der Waals surface area contributed by atoms with E-state index in [2.05, 4.69) is 10.3 Å². The van der Waals surface area contributed by atoms with Crippen molar-refractivity contribution < 1.29 is 23.1 Å². The lowest BCUT2D eigenvalue weighted by molar-refractivity contribution is -0.130. The van der Waals surface area contributed by atoms with Crippen LogP contribution in [0.2, 0.25) is 0 Å². The number of rotatable bonds is 6. The Labute approximate surface area is 182 Å². The second-order valence-corrected chi connectivity index (χ2v) is 8.95. The van der Waals surface area contributed by atoms with E-state index in [9.17, 15) is 14.0 Å². The van der Waals surface area contributed by atoms with Crippen molar-refractivity contribution in [2.24, 2.45) is 5.92 Å². The summed E-state index contributed by atoms with van der Waals surface area (Å²) >= 11 is 0. The fourth-order valence-corrected chi connectivity index (χ4v) is 3.58. The zero-order valence-electron chi connectivity index (χ0n) is 18.5. The number of ether oxygens (including phenoxy) is 1. The summed E-state index contributed by atoms with van der Waals surface area (Å²) in [6.07, 6.45) is 2.67. The third-order valence-electron chi connectivity index (χ3n) is 5.26. The van der Waals surface area contributed by atoms with Crippen LogP contribution in [-0.4, -0.2) is 46.6 Å². The molecule has 7 nitrogen and oxygen atoms in total. The molecule has 2 atom stereocenters. The molecule has 1 N–H and O–H groups in total. The average Bonchev–Trinajstić information content (AvgIpc) is 3.35. The van der Waals surface area contributed by atoms with E-state index in [-0.39, 0.29) is 23.7 Å². The molecule has 0 spiro atoms. The summed E-state index contributed by atoms with van der Waals surface area (Å²) < 4.78 is 24.1. The van der Waals surface area contributed by atoms with Gasteiger partial charge in [0.15, 0.2) is 11.7 Å². The number of hydrogen-bond acceptors (Lipinski definition) is 5. The molecule has 31 heavy (non-hydrogen) atoms. The molecular formula is C23H30FN3O4. The largest absolute Gasteiger partial charge is 0.444 e. The van der Waals surface area contributed by atoms with E-state index in [1.165, 1.54) is 12.1 Å². The highest BCUT2D eigenvalue weighted by Crippen LogP contribution is 2.23. The molecule has 8 heteroatoms. The van der Waals surface area contributed by atoms with Gasteiger partial charge in [0, 0.05) is 37.5 Å². The van der Waals surface area contributed by atoms with Gasteiger partial charge < -0.3 is 19.4 Å². The summed E-state index contributed by atoms with van der Waals surface area (Å²) in [5.41, 5.74) is 0.193. The molecule has 168 valence electrons. The Kier molecular flexibility index (Phi) is 6.97. The third kappa shape index (κ3) is 6.54. The molecule has 2 heterocycles. The third-order valence-corrected chi connectivity index (χ3v) is 5.26. The van der Waals surface area contributed by atoms with Gasteiger partial charge in [0.25, 0.3) is 0 Å². The zero-order chi connectivity index (χ0) is 22.6. The molecule has 1 aromatic heterocycles. The van der Waals surface area contributed by atoms with Gasteiger partial charge in [0.1, 0.15) is 11.4 Å². The maximum atomic E-state index is 13.1. The predicted molar refractivity (Wildman–Crippen MR) is 114 cm³/mol. The van der Waals surface area contributed by atoms with Gasteiger partial charge in [-0.25, -0.2) is 14.2 Å². The Bertz CT molecular complexity index is 904. The average molecular weight is 432 g/mol. The van der Waals surface area contributed by atoms with E-state index in [1.807, 2.05) is 32.6 Å². The van der Waals surface area contributed by atoms with Crippen molar-refractivity contribution in [1.82, 2.24) is 15.2 Å². The quantitative estimate of drug-likeness (QED) is 0.742. The number of oxazole rings is 1. The topological polar surface area (TPSA) is 84.7 Å². The van der Waals surface area contributed by atoms with Crippen LogP contribution in [0.1, 0.15) is 46.4 Å². The van der Waals surface area contributed by atoms with E-state index in [0.29, 0.717) is 37.6 Å². The van der Waals surface area contributed by atoms with Crippen LogP contribution in [0, 0.1) is 11.7 Å². The van der Waals surface area contributed by atoms with Gasteiger partial charge in [0.2, 0.25) is 5.91 Å². The molecule has 1 aromatic carbocycles. The Morgan fingerprint density at radius 1 is 1.32 bits per heavy atom. The van der Waals surface area contributed by atoms with Gasteiger partial charge in [-0.1, -0.05) is 0 Å². The van der Waals surface area contributed by atoms with Gasteiger partial charge >= 0.3 is 6.09 Å². The molecule has 2 amide bonds. The number of aryl methyl sites for hydroxylation is 1. The molecular weight excluding hydrogens is 401 g/mol. The van der Waals surface area contributed by atoms with Crippen molar-refractivity contribution in [1.29, 1.82) is 0 Å². The lowest BCUT2D eigenvalue weighted by Gasteiger charge is -2.25. The summed E-state index contributed by atoms with van der Waals surface area (Å²) in [7, 11) is 0. The molecule has 1 aliphatic heterocycles. The number of halogens is 1. The van der Waals surface area contributed by atoms with E-state index in [1.54, 1.807) is 18.3 Å². The van der Waals surface area contributed by atoms with Gasteiger partial charge in [0.05, 0.1) is 6.20 Å². The normalized spacial score (nSPS) is 17.5. The number of alkyl carbamates (subject to hydrolysis) is 1. The summed E-state index contributed by atoms with van der Waals surface area (Å²) in [5, 5.41) is 2.87. The van der Waals surface area contributed by atoms with Crippen LogP contribution in [0.15, 0.2) is 34.9 Å². The van der Waals surface area contributed by atoms with Crippen LogP contribution >= 0.6 is 0 Å². The Balaban J connectivity index is 1.45. The Morgan fingerprint density at radius 2 is 2.03 bits per heavy atom. The second-order valence-electron chi connectivity index (χ2n) is 8.95. The first-order valence-corrected chi connectivity index (χ1v) is 10.6. The number of hydrogen-bond donors (Lipinski definition) is 1. The SMILES string of the molecule is C[C@@H](NC(=O)OC(C)(C)C)[C@@H]1CCN(C(=O)CCc2ncc(-c3ccc(F)cc3)o2)C1. The lowest BCUT2D eigenvalue weighted by Crippen LogP contribution is -2.42. The summed E-state index contributed by atoms with van der Waals surface area (Å²) in [6.45, 7) is 8.67. The van der Waals surface area contributed by atoms with E-state index in [0.717, 1.165) is 12.0 Å². The molecule has 1 aliphatic rings. The Morgan fingerprint density at radius 3 is 2.71 bits per heavy atom. The highest BCUT2D eigenvalue weighted by atomic mass is 19.1. The maximum Gasteiger partial charge on any atom is 0.407 e. The van der Waals surface area contributed by atoms with Crippen LogP contribution in [0.3, 0.4) is 0 Å². The predicted octanol–water partition coefficient (Wildman–Crippen LogP) is 4.18. The fourth-order valence-electron chi connectivity index (χ4n) is 3.58. The van der Waals surface area contributed by atoms with Gasteiger partial charge in [-0.3, -0.25) is 4.79 Å². The van der Waals surface area contributed by atoms with Crippen LogP contribution < -0.4 is 5.32 Å². The molecule has 1 fully saturated rings. The number of amides is 2. The number of nitrogens with zero attached hydrogens (tertiary/aromatic N) is 2. The van der Waals surface area contributed by atoms with Gasteiger partial charge in [-0.2, -0.15) is 0 Å². The van der Waals surface area contributed by atoms with Crippen molar-refractivity contribution in [2.45, 2.75) is 58.6 Å². The summed E-state index contributed by atoms with van der Waals surface area (Å²) in [4.78, 5) is 30.6. The maximum absolute atomic E-state index is 13.1. The van der Waals surface area contributed by atoms with Crippen molar-refractivity contribution in [3.8, 4) is 11.3 Å². The van der Waals surface area contributed by atoms with E-state index in [4.69, 9.17) is 9.15 Å². The smallest absolute Gasteiger partial charge is 0.407 e. The number of nitrogens with one attached hydrogen (secondary N) is 1. The highest BCUT2D eigenvalue weighted by Gasteiger charge is 2.31. The van der Waals surface area contributed by atoms with E-state index < -0.39 is 11.7 Å². The van der Waals surface area contributed by atoms with Crippen LogP contribution in [0.25, 0.3) is 11.3 Å². The molecule has 1 saturated heterocycles. The molecule has 2 aromatic rings. The van der Waals surface area contributed by atoms with Crippen LogP contribution in [0.4, 0.5) is 9.18 Å². The standard InChI is InChI=1S/C23H30FN3O4/c1-15(26-22(29)31-23(2,3)4)17-11-12-27(14-17)21(28)10-9-20-25-13-19(30-20)16-5-7-18(24)8-6-16/h5-8,13,15,17H,9-12,14H2,1-4H3,(H,26,29)/t15-,17-/m1/s1. The van der Waals surface area contributed by atoms with Gasteiger partial charge in [-0.15, -0.1) is 0 Å². The second kappa shape index (κ2) is 9.49. The number of likely N-dealkylation sites (tertiary alicyclic amines) is 1. The molecule has 0 saturated carbocycles. The molecule has 0 unspecified atom stereocenters. The Hall–Kier alpha value is -2.90. The number of carbonyl (C=O) groups is 2. The first-order chi connectivity index (χ1) is 14.6. The van der Waals surface area contributed by atoms with Crippen molar-refractivity contribution in [3.05, 3.63) is 42.2 Å². The minimum absolute atomic E-state index is 0.0356. The van der Waals surface area contributed by atoms with Crippen molar-refractivity contribution in [3.63, 3.8) is 0 Å².